The molecule has 4 nitrogen and oxygen atoms in total. The lowest BCUT2D eigenvalue weighted by Crippen LogP contribution is -2.14. The SMILES string of the molecule is CCOC(=O)/C=C1\CC(O)c2ccccc2O1. The molecule has 0 aliphatic carbocycles. The fraction of sp³-hybridized carbons (Fsp3) is 0.308. The molecule has 90 valence electrons. The Kier molecular flexibility index (Phi) is 3.44. The molecule has 0 bridgehead atoms. The number of ether oxygens (including phenoxy) is 2. The molecule has 1 N–H and O–H groups in total. The van der Waals surface area contributed by atoms with Crippen molar-refractivity contribution in [1.29, 1.82) is 0 Å². The Morgan fingerprint density at radius 2 is 2.35 bits per heavy atom. The van der Waals surface area contributed by atoms with Crippen molar-refractivity contribution in [2.45, 2.75) is 19.4 Å². The van der Waals surface area contributed by atoms with Gasteiger partial charge < -0.3 is 14.6 Å². The van der Waals surface area contributed by atoms with Gasteiger partial charge in [-0.1, -0.05) is 18.2 Å². The minimum atomic E-state index is -0.638. The van der Waals surface area contributed by atoms with Gasteiger partial charge in [-0.2, -0.15) is 0 Å². The van der Waals surface area contributed by atoms with Crippen LogP contribution in [0.25, 0.3) is 0 Å². The number of fused-ring (bicyclic) bond motifs is 1. The molecule has 1 aliphatic heterocycles. The average Bonchev–Trinajstić information content (AvgIpc) is 2.29. The summed E-state index contributed by atoms with van der Waals surface area (Å²) in [7, 11) is 0. The highest BCUT2D eigenvalue weighted by atomic mass is 16.5. The summed E-state index contributed by atoms with van der Waals surface area (Å²) in [6.45, 7) is 2.06. The molecule has 0 saturated carbocycles. The van der Waals surface area contributed by atoms with Crippen LogP contribution in [-0.2, 0) is 9.53 Å². The Hall–Kier alpha value is -1.81. The van der Waals surface area contributed by atoms with Gasteiger partial charge in [-0.25, -0.2) is 4.79 Å². The van der Waals surface area contributed by atoms with Gasteiger partial charge in [0.25, 0.3) is 0 Å². The number of benzene rings is 1. The molecular formula is C13H14O4. The summed E-state index contributed by atoms with van der Waals surface area (Å²) < 4.78 is 10.3. The molecule has 1 heterocycles. The normalized spacial score (nSPS) is 20.6. The van der Waals surface area contributed by atoms with Crippen LogP contribution < -0.4 is 4.74 Å². The number of rotatable bonds is 2. The third-order valence-corrected chi connectivity index (χ3v) is 2.48. The standard InChI is InChI=1S/C13H14O4/c1-2-16-13(15)8-9-7-11(14)10-5-3-4-6-12(10)17-9/h3-6,8,11,14H,2,7H2,1H3/b9-8+. The molecule has 1 unspecified atom stereocenters. The molecule has 0 amide bonds. The van der Waals surface area contributed by atoms with Crippen LogP contribution in [0.1, 0.15) is 25.0 Å². The highest BCUT2D eigenvalue weighted by Crippen LogP contribution is 2.35. The lowest BCUT2D eigenvalue weighted by atomic mass is 10.0. The van der Waals surface area contributed by atoms with Gasteiger partial charge in [0.2, 0.25) is 0 Å². The summed E-state index contributed by atoms with van der Waals surface area (Å²) in [4.78, 5) is 11.3. The lowest BCUT2D eigenvalue weighted by molar-refractivity contribution is -0.137. The van der Waals surface area contributed by atoms with Crippen LogP contribution in [0.2, 0.25) is 0 Å². The number of esters is 1. The van der Waals surface area contributed by atoms with Crippen molar-refractivity contribution in [2.24, 2.45) is 0 Å². The van der Waals surface area contributed by atoms with E-state index in [0.29, 0.717) is 18.1 Å². The van der Waals surface area contributed by atoms with Crippen molar-refractivity contribution < 1.29 is 19.4 Å². The molecule has 0 aromatic heterocycles. The zero-order valence-corrected chi connectivity index (χ0v) is 9.55. The number of hydrogen-bond donors (Lipinski definition) is 1. The van der Waals surface area contributed by atoms with Gasteiger partial charge in [0.1, 0.15) is 11.5 Å². The van der Waals surface area contributed by atoms with Crippen molar-refractivity contribution >= 4 is 5.97 Å². The molecule has 1 atom stereocenters. The van der Waals surface area contributed by atoms with Crippen LogP contribution in [0.5, 0.6) is 5.75 Å². The van der Waals surface area contributed by atoms with Crippen molar-refractivity contribution in [3.05, 3.63) is 41.7 Å². The summed E-state index contributed by atoms with van der Waals surface area (Å²) in [5.41, 5.74) is 0.744. The molecular weight excluding hydrogens is 220 g/mol. The Morgan fingerprint density at radius 1 is 1.59 bits per heavy atom. The molecule has 17 heavy (non-hydrogen) atoms. The third kappa shape index (κ3) is 2.65. The van der Waals surface area contributed by atoms with Crippen molar-refractivity contribution in [1.82, 2.24) is 0 Å². The fourth-order valence-electron chi connectivity index (χ4n) is 1.74. The van der Waals surface area contributed by atoms with Crippen molar-refractivity contribution in [3.8, 4) is 5.75 Å². The van der Waals surface area contributed by atoms with Gasteiger partial charge in [0, 0.05) is 12.0 Å². The maximum Gasteiger partial charge on any atom is 0.334 e. The maximum atomic E-state index is 11.3. The second kappa shape index (κ2) is 5.01. The van der Waals surface area contributed by atoms with E-state index < -0.39 is 12.1 Å². The smallest absolute Gasteiger partial charge is 0.334 e. The first-order valence-corrected chi connectivity index (χ1v) is 5.53. The van der Waals surface area contributed by atoms with E-state index in [1.165, 1.54) is 6.08 Å². The van der Waals surface area contributed by atoms with Gasteiger partial charge in [-0.05, 0) is 13.0 Å². The average molecular weight is 234 g/mol. The second-order valence-corrected chi connectivity index (χ2v) is 3.72. The molecule has 0 radical (unpaired) electrons. The van der Waals surface area contributed by atoms with Gasteiger partial charge in [0.15, 0.2) is 0 Å². The van der Waals surface area contributed by atoms with Gasteiger partial charge in [-0.3, -0.25) is 0 Å². The van der Waals surface area contributed by atoms with Crippen molar-refractivity contribution in [3.63, 3.8) is 0 Å². The third-order valence-electron chi connectivity index (χ3n) is 2.48. The maximum absolute atomic E-state index is 11.3. The first-order chi connectivity index (χ1) is 8.20. The molecule has 0 fully saturated rings. The number of carbonyl (C=O) groups is 1. The van der Waals surface area contributed by atoms with Gasteiger partial charge >= 0.3 is 5.97 Å². The van der Waals surface area contributed by atoms with Crippen LogP contribution in [0, 0.1) is 0 Å². The summed E-state index contributed by atoms with van der Waals surface area (Å²) >= 11 is 0. The van der Waals surface area contributed by atoms with E-state index in [1.807, 2.05) is 12.1 Å². The lowest BCUT2D eigenvalue weighted by Gasteiger charge is -2.23. The predicted octanol–water partition coefficient (Wildman–Crippen LogP) is 1.95. The van der Waals surface area contributed by atoms with Crippen molar-refractivity contribution in [2.75, 3.05) is 6.61 Å². The highest BCUT2D eigenvalue weighted by Gasteiger charge is 2.23. The minimum absolute atomic E-state index is 0.288. The van der Waals surface area contributed by atoms with E-state index in [4.69, 9.17) is 9.47 Å². The summed E-state index contributed by atoms with van der Waals surface area (Å²) in [6, 6.07) is 7.22. The van der Waals surface area contributed by atoms with Crippen LogP contribution >= 0.6 is 0 Å². The van der Waals surface area contributed by atoms with Crippen LogP contribution in [0.3, 0.4) is 0 Å². The van der Waals surface area contributed by atoms with Crippen LogP contribution in [0.15, 0.2) is 36.1 Å². The number of para-hydroxylation sites is 1. The molecule has 4 heteroatoms. The molecule has 0 saturated heterocycles. The topological polar surface area (TPSA) is 55.8 Å². The number of aliphatic hydroxyl groups excluding tert-OH is 1. The first kappa shape index (κ1) is 11.7. The number of hydrogen-bond acceptors (Lipinski definition) is 4. The van der Waals surface area contributed by atoms with E-state index in [9.17, 15) is 9.90 Å². The van der Waals surface area contributed by atoms with E-state index in [0.717, 1.165) is 5.56 Å². The largest absolute Gasteiger partial charge is 0.463 e. The van der Waals surface area contributed by atoms with E-state index in [2.05, 4.69) is 0 Å². The number of carbonyl (C=O) groups excluding carboxylic acids is 1. The molecule has 1 aromatic carbocycles. The highest BCUT2D eigenvalue weighted by molar-refractivity contribution is 5.82. The van der Waals surface area contributed by atoms with E-state index in [-0.39, 0.29) is 6.42 Å². The Morgan fingerprint density at radius 3 is 3.12 bits per heavy atom. The first-order valence-electron chi connectivity index (χ1n) is 5.53. The molecule has 2 rings (SSSR count). The quantitative estimate of drug-likeness (QED) is 0.627. The Labute approximate surface area is 99.5 Å². The van der Waals surface area contributed by atoms with Crippen LogP contribution in [0.4, 0.5) is 0 Å². The minimum Gasteiger partial charge on any atom is -0.463 e. The van der Waals surface area contributed by atoms with E-state index in [1.54, 1.807) is 19.1 Å². The Bertz CT molecular complexity index is 450. The molecule has 0 spiro atoms. The second-order valence-electron chi connectivity index (χ2n) is 3.72. The van der Waals surface area contributed by atoms with E-state index >= 15 is 0 Å². The van der Waals surface area contributed by atoms with Gasteiger partial charge in [0.05, 0.1) is 18.8 Å². The van der Waals surface area contributed by atoms with Crippen LogP contribution in [-0.4, -0.2) is 17.7 Å². The molecule has 1 aromatic rings. The number of aliphatic hydroxyl groups is 1. The fourth-order valence-corrected chi connectivity index (χ4v) is 1.74. The van der Waals surface area contributed by atoms with Gasteiger partial charge in [-0.15, -0.1) is 0 Å². The zero-order valence-electron chi connectivity index (χ0n) is 9.55. The predicted molar refractivity (Wildman–Crippen MR) is 61.4 cm³/mol. The Balaban J connectivity index is 2.19. The zero-order chi connectivity index (χ0) is 12.3. The summed E-state index contributed by atoms with van der Waals surface area (Å²) in [5, 5.41) is 9.90. The monoisotopic (exact) mass is 234 g/mol. The summed E-state index contributed by atoms with van der Waals surface area (Å²) in [5.74, 6) is 0.561. The molecule has 1 aliphatic rings. The summed E-state index contributed by atoms with van der Waals surface area (Å²) in [6.07, 6.45) is 0.930.